The lowest BCUT2D eigenvalue weighted by atomic mass is 9.81. The van der Waals surface area contributed by atoms with Crippen LogP contribution in [0.4, 0.5) is 10.5 Å². The van der Waals surface area contributed by atoms with Crippen molar-refractivity contribution in [2.75, 3.05) is 5.32 Å². The fourth-order valence-corrected chi connectivity index (χ4v) is 4.66. The van der Waals surface area contributed by atoms with Gasteiger partial charge in [0.15, 0.2) is 0 Å². The van der Waals surface area contributed by atoms with Crippen molar-refractivity contribution in [2.45, 2.75) is 76.5 Å². The number of hydrogen-bond donors (Lipinski definition) is 2. The van der Waals surface area contributed by atoms with Crippen LogP contribution in [-0.2, 0) is 15.1 Å². The predicted molar refractivity (Wildman–Crippen MR) is 107 cm³/mol. The summed E-state index contributed by atoms with van der Waals surface area (Å²) in [7, 11) is 0. The first-order valence-corrected chi connectivity index (χ1v) is 10.4. The number of fused-ring (bicyclic) bond motifs is 2. The van der Waals surface area contributed by atoms with Gasteiger partial charge in [0.1, 0.15) is 17.5 Å². The second-order valence-corrected chi connectivity index (χ2v) is 9.51. The molecule has 152 valence electrons. The third-order valence-corrected chi connectivity index (χ3v) is 6.09. The molecule has 2 aliphatic carbocycles. The molecule has 0 atom stereocenters. The van der Waals surface area contributed by atoms with Crippen LogP contribution in [0.5, 0.6) is 5.75 Å². The van der Waals surface area contributed by atoms with Gasteiger partial charge in [0.25, 0.3) is 0 Å². The van der Waals surface area contributed by atoms with Crippen LogP contribution in [0.25, 0.3) is 0 Å². The molecule has 28 heavy (non-hydrogen) atoms. The van der Waals surface area contributed by atoms with Crippen LogP contribution in [0.1, 0.15) is 64.9 Å². The molecule has 3 aliphatic rings. The first-order valence-electron chi connectivity index (χ1n) is 9.98. The number of carbonyl (C=O) groups excluding carboxylic acids is 2. The lowest BCUT2D eigenvalue weighted by molar-refractivity contribution is -0.166. The number of nitrogens with one attached hydrogen (secondary N) is 2. The summed E-state index contributed by atoms with van der Waals surface area (Å²) < 4.78 is 11.7. The maximum atomic E-state index is 12.2. The van der Waals surface area contributed by atoms with Crippen LogP contribution in [0.15, 0.2) is 12.1 Å². The standard InChI is InChI=1S/C21H27ClN2O4/c1-20(2,3)28-18(25)12-10-13(11-12)27-15-7-6-14(22)17-16(15)21(8-4-5-9-21)24-19(26)23-17/h6-7,12-13H,4-5,8-11H2,1-3H3,(H2,23,24,26). The van der Waals surface area contributed by atoms with Gasteiger partial charge in [0.2, 0.25) is 0 Å². The molecule has 1 aromatic carbocycles. The number of benzene rings is 1. The number of rotatable bonds is 3. The second-order valence-electron chi connectivity index (χ2n) is 9.11. The van der Waals surface area contributed by atoms with Crippen molar-refractivity contribution in [1.29, 1.82) is 0 Å². The number of carbonyl (C=O) groups is 2. The van der Waals surface area contributed by atoms with Crippen molar-refractivity contribution in [2.24, 2.45) is 5.92 Å². The molecule has 0 radical (unpaired) electrons. The number of anilines is 1. The summed E-state index contributed by atoms with van der Waals surface area (Å²) >= 11 is 6.39. The fourth-order valence-electron chi connectivity index (χ4n) is 4.45. The molecule has 6 nitrogen and oxygen atoms in total. The number of halogens is 1. The zero-order valence-electron chi connectivity index (χ0n) is 16.6. The molecule has 0 bridgehead atoms. The first kappa shape index (κ1) is 19.4. The van der Waals surface area contributed by atoms with E-state index in [4.69, 9.17) is 21.1 Å². The highest BCUT2D eigenvalue weighted by Crippen LogP contribution is 2.51. The Morgan fingerprint density at radius 2 is 1.89 bits per heavy atom. The van der Waals surface area contributed by atoms with Gasteiger partial charge >= 0.3 is 12.0 Å². The quantitative estimate of drug-likeness (QED) is 0.710. The van der Waals surface area contributed by atoms with E-state index in [1.54, 1.807) is 6.07 Å². The molecule has 2 N–H and O–H groups in total. The van der Waals surface area contributed by atoms with Crippen LogP contribution in [0.2, 0.25) is 5.02 Å². The Balaban J connectivity index is 1.52. The highest BCUT2D eigenvalue weighted by Gasteiger charge is 2.46. The average Bonchev–Trinajstić information content (AvgIpc) is 2.99. The Morgan fingerprint density at radius 1 is 1.21 bits per heavy atom. The lowest BCUT2D eigenvalue weighted by Crippen LogP contribution is -2.50. The molecule has 1 spiro atoms. The topological polar surface area (TPSA) is 76.7 Å². The Hall–Kier alpha value is -1.95. The normalized spacial score (nSPS) is 25.4. The highest BCUT2D eigenvalue weighted by atomic mass is 35.5. The molecular weight excluding hydrogens is 380 g/mol. The maximum absolute atomic E-state index is 12.2. The Kier molecular flexibility index (Phi) is 4.73. The molecule has 2 fully saturated rings. The zero-order chi connectivity index (χ0) is 20.1. The number of ether oxygens (including phenoxy) is 2. The summed E-state index contributed by atoms with van der Waals surface area (Å²) in [5.74, 6) is 0.457. The van der Waals surface area contributed by atoms with Gasteiger partial charge in [-0.1, -0.05) is 24.4 Å². The van der Waals surface area contributed by atoms with Crippen molar-refractivity contribution in [3.63, 3.8) is 0 Å². The van der Waals surface area contributed by atoms with Crippen LogP contribution in [0.3, 0.4) is 0 Å². The van der Waals surface area contributed by atoms with Crippen LogP contribution < -0.4 is 15.4 Å². The Morgan fingerprint density at radius 3 is 2.54 bits per heavy atom. The van der Waals surface area contributed by atoms with Gasteiger partial charge in [0, 0.05) is 5.56 Å². The first-order chi connectivity index (χ1) is 13.2. The molecule has 1 aliphatic heterocycles. The Bertz CT molecular complexity index is 805. The molecule has 4 rings (SSSR count). The van der Waals surface area contributed by atoms with Gasteiger partial charge < -0.3 is 20.1 Å². The van der Waals surface area contributed by atoms with E-state index in [0.717, 1.165) is 37.0 Å². The van der Waals surface area contributed by atoms with Gasteiger partial charge in [-0.05, 0) is 58.6 Å². The average molecular weight is 407 g/mol. The van der Waals surface area contributed by atoms with Gasteiger partial charge in [-0.25, -0.2) is 4.79 Å². The van der Waals surface area contributed by atoms with E-state index in [1.807, 2.05) is 26.8 Å². The van der Waals surface area contributed by atoms with Crippen molar-refractivity contribution in [3.8, 4) is 5.75 Å². The Labute approximate surface area is 170 Å². The van der Waals surface area contributed by atoms with Crippen molar-refractivity contribution >= 4 is 29.3 Å². The molecule has 1 aromatic rings. The minimum atomic E-state index is -0.475. The minimum absolute atomic E-state index is 0.0427. The van der Waals surface area contributed by atoms with Crippen molar-refractivity contribution < 1.29 is 19.1 Å². The van der Waals surface area contributed by atoms with Gasteiger partial charge in [0.05, 0.1) is 22.2 Å². The molecule has 0 saturated heterocycles. The fraction of sp³-hybridized carbons (Fsp3) is 0.619. The van der Waals surface area contributed by atoms with Gasteiger partial charge in [-0.3, -0.25) is 4.79 Å². The number of hydrogen-bond acceptors (Lipinski definition) is 4. The van der Waals surface area contributed by atoms with E-state index in [0.29, 0.717) is 23.6 Å². The number of amides is 2. The molecule has 7 heteroatoms. The second kappa shape index (κ2) is 6.83. The molecule has 0 aromatic heterocycles. The van der Waals surface area contributed by atoms with E-state index >= 15 is 0 Å². The van der Waals surface area contributed by atoms with Gasteiger partial charge in [-0.15, -0.1) is 0 Å². The van der Waals surface area contributed by atoms with Crippen molar-refractivity contribution in [1.82, 2.24) is 5.32 Å². The third-order valence-electron chi connectivity index (χ3n) is 5.77. The third kappa shape index (κ3) is 3.54. The predicted octanol–water partition coefficient (Wildman–Crippen LogP) is 4.74. The SMILES string of the molecule is CC(C)(C)OC(=O)C1CC(Oc2ccc(Cl)c3c2C2(CCCC2)NC(=O)N3)C1. The summed E-state index contributed by atoms with van der Waals surface area (Å²) in [6, 6.07) is 3.41. The number of esters is 1. The molecule has 0 unspecified atom stereocenters. The monoisotopic (exact) mass is 406 g/mol. The smallest absolute Gasteiger partial charge is 0.319 e. The maximum Gasteiger partial charge on any atom is 0.319 e. The summed E-state index contributed by atoms with van der Waals surface area (Å²) in [5.41, 5.74) is 0.689. The summed E-state index contributed by atoms with van der Waals surface area (Å²) in [5, 5.41) is 6.48. The molecule has 2 amide bonds. The largest absolute Gasteiger partial charge is 0.490 e. The van der Waals surface area contributed by atoms with E-state index in [2.05, 4.69) is 10.6 Å². The van der Waals surface area contributed by atoms with Gasteiger partial charge in [-0.2, -0.15) is 0 Å². The minimum Gasteiger partial charge on any atom is -0.490 e. The summed E-state index contributed by atoms with van der Waals surface area (Å²) in [6.07, 6.45) is 5.08. The molecule has 1 heterocycles. The van der Waals surface area contributed by atoms with E-state index < -0.39 is 11.1 Å². The lowest BCUT2D eigenvalue weighted by Gasteiger charge is -2.41. The molecule has 2 saturated carbocycles. The number of urea groups is 1. The van der Waals surface area contributed by atoms with Crippen LogP contribution >= 0.6 is 11.6 Å². The summed E-state index contributed by atoms with van der Waals surface area (Å²) in [4.78, 5) is 24.4. The highest BCUT2D eigenvalue weighted by molar-refractivity contribution is 6.34. The van der Waals surface area contributed by atoms with Crippen LogP contribution in [0, 0.1) is 5.92 Å². The van der Waals surface area contributed by atoms with Crippen LogP contribution in [-0.4, -0.2) is 23.7 Å². The van der Waals surface area contributed by atoms with E-state index in [1.165, 1.54) is 0 Å². The van der Waals surface area contributed by atoms with Crippen molar-refractivity contribution in [3.05, 3.63) is 22.7 Å². The van der Waals surface area contributed by atoms with E-state index in [9.17, 15) is 9.59 Å². The zero-order valence-corrected chi connectivity index (χ0v) is 17.3. The van der Waals surface area contributed by atoms with E-state index in [-0.39, 0.29) is 24.0 Å². The molecular formula is C21H27ClN2O4. The summed E-state index contributed by atoms with van der Waals surface area (Å²) in [6.45, 7) is 5.62.